The number of hydrogen-bond donors (Lipinski definition) is 0. The molecule has 4 aliphatic rings. The molecular weight excluding hydrogens is 298 g/mol. The molecule has 24 heavy (non-hydrogen) atoms. The largest absolute Gasteiger partial charge is 0.472 e. The number of benzene rings is 1. The normalized spacial score (nSPS) is 27.2. The topological polar surface area (TPSA) is 38.2 Å². The molecule has 0 spiro atoms. The Morgan fingerprint density at radius 3 is 2.71 bits per heavy atom. The van der Waals surface area contributed by atoms with E-state index >= 15 is 0 Å². The second-order valence-corrected chi connectivity index (χ2v) is 7.07. The van der Waals surface area contributed by atoms with Crippen molar-refractivity contribution in [2.75, 3.05) is 19.6 Å². The summed E-state index contributed by atoms with van der Waals surface area (Å²) >= 11 is 0. The highest BCUT2D eigenvalue weighted by molar-refractivity contribution is 5.69. The van der Waals surface area contributed by atoms with Crippen molar-refractivity contribution in [3.05, 3.63) is 47.5 Å². The summed E-state index contributed by atoms with van der Waals surface area (Å²) in [7, 11) is 0. The first kappa shape index (κ1) is 14.2. The molecule has 0 saturated carbocycles. The quantitative estimate of drug-likeness (QED) is 0.871. The fourth-order valence-electron chi connectivity index (χ4n) is 4.14. The monoisotopic (exact) mass is 319 g/mol. The highest BCUT2D eigenvalue weighted by Gasteiger charge is 2.35. The van der Waals surface area contributed by atoms with Crippen LogP contribution in [0.4, 0.5) is 0 Å². The van der Waals surface area contributed by atoms with Gasteiger partial charge in [0, 0.05) is 18.2 Å². The van der Waals surface area contributed by atoms with Crippen LogP contribution in [0.2, 0.25) is 0 Å². The van der Waals surface area contributed by atoms with E-state index < -0.39 is 0 Å². The van der Waals surface area contributed by atoms with E-state index in [4.69, 9.17) is 4.74 Å². The minimum atomic E-state index is 0.276. The van der Waals surface area contributed by atoms with E-state index in [1.165, 1.54) is 37.1 Å². The van der Waals surface area contributed by atoms with Crippen LogP contribution >= 0.6 is 0 Å². The molecule has 2 bridgehead atoms. The average Bonchev–Trinajstić information content (AvgIpc) is 3.11. The van der Waals surface area contributed by atoms with Gasteiger partial charge in [-0.15, -0.1) is 10.2 Å². The molecular formula is C20H21N3O. The second-order valence-electron chi connectivity index (χ2n) is 7.07. The summed E-state index contributed by atoms with van der Waals surface area (Å²) in [5, 5.41) is 8.71. The Bertz CT molecular complexity index is 776. The maximum Gasteiger partial charge on any atom is 0.233 e. The molecule has 1 aliphatic carbocycles. The molecule has 0 N–H and O–H groups in total. The van der Waals surface area contributed by atoms with Crippen molar-refractivity contribution >= 4 is 6.08 Å². The van der Waals surface area contributed by atoms with Crippen molar-refractivity contribution in [2.45, 2.75) is 25.4 Å². The van der Waals surface area contributed by atoms with Gasteiger partial charge in [-0.05, 0) is 61.5 Å². The van der Waals surface area contributed by atoms with Gasteiger partial charge in [-0.2, -0.15) is 0 Å². The Hall–Kier alpha value is -2.20. The first-order valence-corrected chi connectivity index (χ1v) is 8.88. The highest BCUT2D eigenvalue weighted by Crippen LogP contribution is 2.30. The summed E-state index contributed by atoms with van der Waals surface area (Å²) in [6.07, 6.45) is 8.19. The average molecular weight is 319 g/mol. The molecule has 1 aromatic heterocycles. The van der Waals surface area contributed by atoms with Gasteiger partial charge < -0.3 is 4.74 Å². The number of nitrogens with zero attached hydrogens (tertiary/aromatic N) is 3. The summed E-state index contributed by atoms with van der Waals surface area (Å²) in [5.74, 6) is 1.33. The highest BCUT2D eigenvalue weighted by atomic mass is 16.5. The van der Waals surface area contributed by atoms with Crippen LogP contribution in [-0.4, -0.2) is 40.8 Å². The summed E-state index contributed by atoms with van der Waals surface area (Å²) in [5.41, 5.74) is 4.69. The van der Waals surface area contributed by atoms with Crippen LogP contribution in [-0.2, 0) is 6.42 Å². The van der Waals surface area contributed by atoms with Gasteiger partial charge in [-0.1, -0.05) is 24.3 Å². The molecule has 4 nitrogen and oxygen atoms in total. The van der Waals surface area contributed by atoms with Gasteiger partial charge in [-0.25, -0.2) is 0 Å². The van der Waals surface area contributed by atoms with Crippen LogP contribution in [0.5, 0.6) is 5.88 Å². The molecule has 1 unspecified atom stereocenters. The summed E-state index contributed by atoms with van der Waals surface area (Å²) in [6.45, 7) is 3.48. The first-order chi connectivity index (χ1) is 11.8. The lowest BCUT2D eigenvalue weighted by Gasteiger charge is -2.44. The minimum absolute atomic E-state index is 0.276. The SMILES string of the molecule is C1=Cc2cc(-c3ccc(OC4CN5CCC4CC5)nn3)ccc2C1. The number of fused-ring (bicyclic) bond motifs is 4. The Morgan fingerprint density at radius 1 is 1.04 bits per heavy atom. The molecule has 3 saturated heterocycles. The van der Waals surface area contributed by atoms with Crippen molar-refractivity contribution < 1.29 is 4.74 Å². The van der Waals surface area contributed by atoms with Gasteiger partial charge in [0.2, 0.25) is 5.88 Å². The van der Waals surface area contributed by atoms with Crippen molar-refractivity contribution in [1.82, 2.24) is 15.1 Å². The lowest BCUT2D eigenvalue weighted by molar-refractivity contribution is -0.0103. The fraction of sp³-hybridized carbons (Fsp3) is 0.400. The molecule has 0 amide bonds. The molecule has 3 aliphatic heterocycles. The first-order valence-electron chi connectivity index (χ1n) is 8.88. The fourth-order valence-corrected chi connectivity index (χ4v) is 4.14. The van der Waals surface area contributed by atoms with E-state index in [-0.39, 0.29) is 6.10 Å². The van der Waals surface area contributed by atoms with Gasteiger partial charge in [0.1, 0.15) is 6.10 Å². The standard InChI is InChI=1S/C20H21N3O/c1-2-14-4-5-17(12-16(14)3-1)18-6-7-20(22-21-18)24-19-13-23-10-8-15(19)9-11-23/h1,3-7,12,15,19H,2,8-11,13H2. The molecule has 6 rings (SSSR count). The summed E-state index contributed by atoms with van der Waals surface area (Å²) < 4.78 is 6.13. The Labute approximate surface area is 142 Å². The number of ether oxygens (including phenoxy) is 1. The van der Waals surface area contributed by atoms with Gasteiger partial charge in [0.05, 0.1) is 5.69 Å². The molecule has 0 radical (unpaired) electrons. The van der Waals surface area contributed by atoms with Gasteiger partial charge in [0.25, 0.3) is 0 Å². The molecule has 3 fully saturated rings. The molecule has 2 aromatic rings. The van der Waals surface area contributed by atoms with Crippen LogP contribution in [0.3, 0.4) is 0 Å². The summed E-state index contributed by atoms with van der Waals surface area (Å²) in [4.78, 5) is 2.49. The Balaban J connectivity index is 1.33. The van der Waals surface area contributed by atoms with Gasteiger partial charge in [0.15, 0.2) is 0 Å². The number of allylic oxidation sites excluding steroid dienone is 1. The molecule has 1 aromatic carbocycles. The van der Waals surface area contributed by atoms with Crippen LogP contribution < -0.4 is 4.74 Å². The van der Waals surface area contributed by atoms with Crippen molar-refractivity contribution in [1.29, 1.82) is 0 Å². The second kappa shape index (κ2) is 5.71. The number of rotatable bonds is 3. The van der Waals surface area contributed by atoms with Crippen LogP contribution in [0.1, 0.15) is 24.0 Å². The zero-order valence-electron chi connectivity index (χ0n) is 13.7. The summed E-state index contributed by atoms with van der Waals surface area (Å²) in [6, 6.07) is 10.5. The number of piperidine rings is 3. The van der Waals surface area contributed by atoms with E-state index in [1.807, 2.05) is 12.1 Å². The maximum absolute atomic E-state index is 6.13. The molecule has 122 valence electrons. The van der Waals surface area contributed by atoms with E-state index in [2.05, 4.69) is 45.4 Å². The third-order valence-electron chi connectivity index (χ3n) is 5.59. The van der Waals surface area contributed by atoms with Crippen molar-refractivity contribution in [3.8, 4) is 17.1 Å². The Morgan fingerprint density at radius 2 is 1.96 bits per heavy atom. The zero-order valence-corrected chi connectivity index (χ0v) is 13.7. The van der Waals surface area contributed by atoms with Gasteiger partial charge >= 0.3 is 0 Å². The van der Waals surface area contributed by atoms with Crippen molar-refractivity contribution in [2.24, 2.45) is 5.92 Å². The van der Waals surface area contributed by atoms with Crippen LogP contribution in [0, 0.1) is 5.92 Å². The third kappa shape index (κ3) is 2.51. The minimum Gasteiger partial charge on any atom is -0.472 e. The van der Waals surface area contributed by atoms with E-state index in [1.54, 1.807) is 0 Å². The van der Waals surface area contributed by atoms with Crippen LogP contribution in [0.15, 0.2) is 36.4 Å². The lowest BCUT2D eigenvalue weighted by Crippen LogP contribution is -2.52. The zero-order chi connectivity index (χ0) is 15.9. The Kier molecular flexibility index (Phi) is 3.37. The smallest absolute Gasteiger partial charge is 0.233 e. The predicted molar refractivity (Wildman–Crippen MR) is 93.8 cm³/mol. The van der Waals surface area contributed by atoms with E-state index in [9.17, 15) is 0 Å². The molecule has 4 heterocycles. The lowest BCUT2D eigenvalue weighted by atomic mass is 9.86. The maximum atomic E-state index is 6.13. The van der Waals surface area contributed by atoms with Crippen molar-refractivity contribution in [3.63, 3.8) is 0 Å². The van der Waals surface area contributed by atoms with Gasteiger partial charge in [-0.3, -0.25) is 4.90 Å². The van der Waals surface area contributed by atoms with E-state index in [0.717, 1.165) is 24.2 Å². The third-order valence-corrected chi connectivity index (χ3v) is 5.59. The molecule has 1 atom stereocenters. The molecule has 4 heteroatoms. The van der Waals surface area contributed by atoms with E-state index in [0.29, 0.717) is 11.8 Å². The predicted octanol–water partition coefficient (Wildman–Crippen LogP) is 3.19. The number of hydrogen-bond acceptors (Lipinski definition) is 4. The number of aromatic nitrogens is 2. The van der Waals surface area contributed by atoms with Crippen LogP contribution in [0.25, 0.3) is 17.3 Å².